The Morgan fingerprint density at radius 1 is 1.11 bits per heavy atom. The fourth-order valence-corrected chi connectivity index (χ4v) is 4.25. The predicted molar refractivity (Wildman–Crippen MR) is 139 cm³/mol. The fourth-order valence-electron chi connectivity index (χ4n) is 4.25. The number of aromatic nitrogens is 7. The summed E-state index contributed by atoms with van der Waals surface area (Å²) in [5, 5.41) is 4.32. The number of imidazole rings is 2. The molecule has 0 amide bonds. The smallest absolute Gasteiger partial charge is 0.166 e. The zero-order valence-electron chi connectivity index (χ0n) is 20.2. The van der Waals surface area contributed by atoms with E-state index in [1.54, 1.807) is 12.5 Å². The molecule has 0 unspecified atom stereocenters. The monoisotopic (exact) mass is 475 g/mol. The average molecular weight is 476 g/mol. The highest BCUT2D eigenvalue weighted by Crippen LogP contribution is 2.24. The van der Waals surface area contributed by atoms with Crippen molar-refractivity contribution in [1.82, 2.24) is 34.5 Å². The number of rotatable bonds is 8. The first-order valence-corrected chi connectivity index (χ1v) is 11.9. The van der Waals surface area contributed by atoms with Crippen LogP contribution in [0.15, 0.2) is 72.8 Å². The van der Waals surface area contributed by atoms with Crippen LogP contribution in [0.4, 0.5) is 5.69 Å². The molecule has 0 saturated heterocycles. The molecular weight excluding hydrogens is 450 g/mol. The first-order chi connectivity index (χ1) is 17.6. The van der Waals surface area contributed by atoms with Gasteiger partial charge in [0.1, 0.15) is 17.5 Å². The molecule has 0 aromatic carbocycles. The van der Waals surface area contributed by atoms with E-state index in [4.69, 9.17) is 4.98 Å². The maximum Gasteiger partial charge on any atom is 0.166 e. The molecule has 2 N–H and O–H groups in total. The number of fused-ring (bicyclic) bond motifs is 2. The highest BCUT2D eigenvalue weighted by molar-refractivity contribution is 5.84. The summed E-state index contributed by atoms with van der Waals surface area (Å²) < 4.78 is 1.88. The van der Waals surface area contributed by atoms with Gasteiger partial charge in [0.25, 0.3) is 0 Å². The molecule has 1 aliphatic heterocycles. The highest BCUT2D eigenvalue weighted by Gasteiger charge is 2.18. The van der Waals surface area contributed by atoms with Gasteiger partial charge in [-0.05, 0) is 38.0 Å². The van der Waals surface area contributed by atoms with E-state index in [9.17, 15) is 0 Å². The third-order valence-corrected chi connectivity index (χ3v) is 6.13. The molecule has 9 heteroatoms. The van der Waals surface area contributed by atoms with Crippen molar-refractivity contribution in [3.05, 3.63) is 90.0 Å². The normalized spacial score (nSPS) is 12.2. The number of nitrogens with zero attached hydrogens (tertiary/aromatic N) is 7. The number of unbranched alkanes of at least 4 members (excludes halogenated alkanes) is 1. The Labute approximate surface area is 207 Å². The minimum atomic E-state index is 0.684. The molecule has 6 rings (SSSR count). The summed E-state index contributed by atoms with van der Waals surface area (Å²) >= 11 is 0. The number of H-pyrrole nitrogens is 1. The Balaban J connectivity index is 1.35. The molecule has 0 saturated carbocycles. The van der Waals surface area contributed by atoms with Crippen LogP contribution < -0.4 is 16.0 Å². The van der Waals surface area contributed by atoms with Gasteiger partial charge in [-0.25, -0.2) is 24.9 Å². The van der Waals surface area contributed by atoms with Crippen LogP contribution >= 0.6 is 0 Å². The lowest BCUT2D eigenvalue weighted by molar-refractivity contribution is 0.791. The molecule has 0 fully saturated rings. The van der Waals surface area contributed by atoms with E-state index in [1.807, 2.05) is 42.3 Å². The number of hydrogen-bond donors (Lipinski definition) is 2. The second-order valence-electron chi connectivity index (χ2n) is 8.89. The van der Waals surface area contributed by atoms with Gasteiger partial charge in [0.2, 0.25) is 0 Å². The Morgan fingerprint density at radius 3 is 2.83 bits per heavy atom. The van der Waals surface area contributed by atoms with Gasteiger partial charge in [-0.3, -0.25) is 9.55 Å². The zero-order valence-corrected chi connectivity index (χ0v) is 20.2. The molecule has 178 valence electrons. The maximum atomic E-state index is 4.84. The van der Waals surface area contributed by atoms with Crippen LogP contribution in [0.2, 0.25) is 0 Å². The third-order valence-electron chi connectivity index (χ3n) is 6.13. The van der Waals surface area contributed by atoms with Crippen LogP contribution in [0.5, 0.6) is 0 Å². The summed E-state index contributed by atoms with van der Waals surface area (Å²) in [6.07, 6.45) is 14.1. The van der Waals surface area contributed by atoms with E-state index in [0.29, 0.717) is 11.3 Å². The van der Waals surface area contributed by atoms with E-state index >= 15 is 0 Å². The number of pyridine rings is 3. The van der Waals surface area contributed by atoms with E-state index in [-0.39, 0.29) is 0 Å². The summed E-state index contributed by atoms with van der Waals surface area (Å²) in [6, 6.07) is 6.06. The van der Waals surface area contributed by atoms with Crippen molar-refractivity contribution in [1.29, 1.82) is 0 Å². The van der Waals surface area contributed by atoms with E-state index in [2.05, 4.69) is 60.9 Å². The van der Waals surface area contributed by atoms with Gasteiger partial charge in [0, 0.05) is 46.8 Å². The van der Waals surface area contributed by atoms with Crippen molar-refractivity contribution in [3.8, 4) is 16.9 Å². The highest BCUT2D eigenvalue weighted by atomic mass is 15.1. The topological polar surface area (TPSA) is 110 Å². The lowest BCUT2D eigenvalue weighted by Gasteiger charge is -2.11. The molecule has 0 bridgehead atoms. The van der Waals surface area contributed by atoms with Gasteiger partial charge in [-0.2, -0.15) is 0 Å². The molecule has 9 nitrogen and oxygen atoms in total. The van der Waals surface area contributed by atoms with Gasteiger partial charge < -0.3 is 10.3 Å². The largest absolute Gasteiger partial charge is 0.358 e. The molecule has 0 radical (unpaired) electrons. The lowest BCUT2D eigenvalue weighted by Crippen LogP contribution is -2.38. The van der Waals surface area contributed by atoms with Gasteiger partial charge in [-0.1, -0.05) is 19.9 Å². The SMILES string of the molecule is C=C(CCCC)Nc1cncc(-c2cnc3c(c2)=C(c2nc4c(-n5cnc(C)c5)nccc4[nH]2)N=3)c1. The second kappa shape index (κ2) is 8.84. The Morgan fingerprint density at radius 2 is 2.00 bits per heavy atom. The van der Waals surface area contributed by atoms with Gasteiger partial charge in [0.15, 0.2) is 17.1 Å². The van der Waals surface area contributed by atoms with Gasteiger partial charge >= 0.3 is 0 Å². The number of hydrogen-bond acceptors (Lipinski definition) is 7. The minimum Gasteiger partial charge on any atom is -0.358 e. The summed E-state index contributed by atoms with van der Waals surface area (Å²) in [5.74, 6) is 1.40. The van der Waals surface area contributed by atoms with Gasteiger partial charge in [0.05, 0.1) is 23.1 Å². The number of allylic oxidation sites excluding steroid dienone is 1. The van der Waals surface area contributed by atoms with Crippen molar-refractivity contribution < 1.29 is 0 Å². The Bertz CT molecular complexity index is 1740. The van der Waals surface area contributed by atoms with Crippen molar-refractivity contribution in [2.45, 2.75) is 33.1 Å². The number of aromatic amines is 1. The average Bonchev–Trinajstić information content (AvgIpc) is 3.49. The van der Waals surface area contributed by atoms with Crippen molar-refractivity contribution in [2.24, 2.45) is 4.99 Å². The van der Waals surface area contributed by atoms with E-state index < -0.39 is 0 Å². The second-order valence-corrected chi connectivity index (χ2v) is 8.89. The van der Waals surface area contributed by atoms with Crippen LogP contribution in [0.1, 0.15) is 37.7 Å². The molecular formula is C27H25N9. The molecule has 1 aliphatic rings. The molecule has 0 spiro atoms. The molecule has 0 atom stereocenters. The molecule has 0 aliphatic carbocycles. The number of anilines is 1. The van der Waals surface area contributed by atoms with Crippen LogP contribution in [-0.2, 0) is 0 Å². The Hall–Kier alpha value is -4.66. The molecule has 36 heavy (non-hydrogen) atoms. The van der Waals surface area contributed by atoms with E-state index in [1.165, 1.54) is 0 Å². The first kappa shape index (κ1) is 21.8. The van der Waals surface area contributed by atoms with E-state index in [0.717, 1.165) is 75.2 Å². The predicted octanol–water partition coefficient (Wildman–Crippen LogP) is 3.81. The number of aryl methyl sites for hydroxylation is 1. The van der Waals surface area contributed by atoms with Crippen molar-refractivity contribution >= 4 is 22.4 Å². The molecule has 5 aromatic heterocycles. The van der Waals surface area contributed by atoms with Crippen LogP contribution in [0, 0.1) is 6.92 Å². The van der Waals surface area contributed by atoms with Crippen molar-refractivity contribution in [2.75, 3.05) is 5.32 Å². The minimum absolute atomic E-state index is 0.684. The third kappa shape index (κ3) is 3.94. The molecule has 5 aromatic rings. The molecule has 6 heterocycles. The lowest BCUT2D eigenvalue weighted by atomic mass is 10.1. The summed E-state index contributed by atoms with van der Waals surface area (Å²) in [4.78, 5) is 30.6. The summed E-state index contributed by atoms with van der Waals surface area (Å²) in [6.45, 7) is 8.25. The standard InChI is InChI=1S/C27H25N9/c1-4-5-6-16(2)32-20-9-18(11-28-13-20)19-10-21-23(34-25(21)30-12-19)26-33-22-7-8-29-27(24(22)35-26)36-14-17(3)31-15-36/h7-15,32H,2,4-6H2,1,3H3,(H,33,35). The summed E-state index contributed by atoms with van der Waals surface area (Å²) in [7, 11) is 0. The first-order valence-electron chi connectivity index (χ1n) is 11.9. The van der Waals surface area contributed by atoms with Gasteiger partial charge in [-0.15, -0.1) is 0 Å². The van der Waals surface area contributed by atoms with Crippen LogP contribution in [0.25, 0.3) is 33.7 Å². The zero-order chi connectivity index (χ0) is 24.6. The van der Waals surface area contributed by atoms with Crippen molar-refractivity contribution in [3.63, 3.8) is 0 Å². The quantitative estimate of drug-likeness (QED) is 0.353. The van der Waals surface area contributed by atoms with Crippen LogP contribution in [-0.4, -0.2) is 34.5 Å². The van der Waals surface area contributed by atoms with Crippen LogP contribution in [0.3, 0.4) is 0 Å². The summed E-state index contributed by atoms with van der Waals surface area (Å²) in [5.41, 5.74) is 7.87. The fraction of sp³-hybridized carbons (Fsp3) is 0.185. The Kier molecular flexibility index (Phi) is 5.37. The number of nitrogens with one attached hydrogen (secondary N) is 2. The maximum absolute atomic E-state index is 4.84.